The maximum atomic E-state index is 12.6. The molecule has 1 aromatic heterocycles. The summed E-state index contributed by atoms with van der Waals surface area (Å²) in [6.07, 6.45) is 6.67. The van der Waals surface area contributed by atoms with Gasteiger partial charge in [-0.1, -0.05) is 12.8 Å². The summed E-state index contributed by atoms with van der Waals surface area (Å²) >= 11 is 1.48. The summed E-state index contributed by atoms with van der Waals surface area (Å²) in [6.45, 7) is 3.42. The molecule has 0 fully saturated rings. The number of hydrogen-bond donors (Lipinski definition) is 3. The largest absolute Gasteiger partial charge is 0.279 e. The van der Waals surface area contributed by atoms with Gasteiger partial charge in [0.1, 0.15) is 0 Å². The highest BCUT2D eigenvalue weighted by atomic mass is 32.2. The molecule has 0 bridgehead atoms. The molecule has 9 heteroatoms. The third-order valence-electron chi connectivity index (χ3n) is 5.45. The normalized spacial score (nSPS) is 14.4. The van der Waals surface area contributed by atoms with Gasteiger partial charge >= 0.3 is 0 Å². The number of sulfonamides is 1. The number of benzene rings is 1. The fraction of sp³-hybridized carbons (Fsp3) is 0.429. The lowest BCUT2D eigenvalue weighted by atomic mass is 10.00. The molecule has 1 aliphatic carbocycles. The highest BCUT2D eigenvalue weighted by molar-refractivity contribution is 7.89. The molecule has 0 radical (unpaired) electrons. The lowest BCUT2D eigenvalue weighted by Crippen LogP contribution is -2.41. The van der Waals surface area contributed by atoms with Crippen LogP contribution in [-0.4, -0.2) is 27.3 Å². The fourth-order valence-corrected chi connectivity index (χ4v) is 5.77. The van der Waals surface area contributed by atoms with Crippen LogP contribution in [0, 0.1) is 13.8 Å². The van der Waals surface area contributed by atoms with E-state index in [1.807, 2.05) is 6.07 Å². The summed E-state index contributed by atoms with van der Waals surface area (Å²) in [5, 5.41) is 0. The molecule has 3 rings (SSSR count). The van der Waals surface area contributed by atoms with Crippen LogP contribution in [0.5, 0.6) is 0 Å². The van der Waals surface area contributed by atoms with Crippen molar-refractivity contribution < 1.29 is 18.0 Å². The number of aryl methyl sites for hydroxylation is 3. The lowest BCUT2D eigenvalue weighted by molar-refractivity contribution is 0.0848. The van der Waals surface area contributed by atoms with Crippen molar-refractivity contribution in [2.75, 3.05) is 7.05 Å². The SMILES string of the molecule is CNS(=O)(=O)c1cc(C(=O)NNC(=O)c2cc3c(s2)CCCCCC3)cc(C)c1C. The van der Waals surface area contributed by atoms with Gasteiger partial charge < -0.3 is 0 Å². The van der Waals surface area contributed by atoms with Crippen LogP contribution in [0.2, 0.25) is 0 Å². The van der Waals surface area contributed by atoms with Gasteiger partial charge in [-0.15, -0.1) is 11.3 Å². The first-order chi connectivity index (χ1) is 14.2. The van der Waals surface area contributed by atoms with Crippen LogP contribution in [0.1, 0.15) is 67.3 Å². The Bertz CT molecular complexity index is 1050. The van der Waals surface area contributed by atoms with Crippen molar-refractivity contribution in [3.05, 3.63) is 50.2 Å². The topological polar surface area (TPSA) is 104 Å². The Hall–Kier alpha value is -2.23. The van der Waals surface area contributed by atoms with E-state index in [0.717, 1.165) is 25.7 Å². The monoisotopic (exact) mass is 449 g/mol. The number of thiophene rings is 1. The van der Waals surface area contributed by atoms with Gasteiger partial charge in [0.25, 0.3) is 11.8 Å². The highest BCUT2D eigenvalue weighted by Crippen LogP contribution is 2.28. The van der Waals surface area contributed by atoms with Crippen molar-refractivity contribution in [3.8, 4) is 0 Å². The van der Waals surface area contributed by atoms with E-state index in [-0.39, 0.29) is 16.4 Å². The van der Waals surface area contributed by atoms with E-state index >= 15 is 0 Å². The minimum absolute atomic E-state index is 0.0412. The van der Waals surface area contributed by atoms with Crippen LogP contribution < -0.4 is 15.6 Å². The molecule has 7 nitrogen and oxygen atoms in total. The standard InChI is InChI=1S/C21H27N3O4S2/c1-13-10-16(12-19(14(13)2)30(27,28)22-3)20(25)23-24-21(26)18-11-15-8-6-4-5-7-9-17(15)29-18/h10-12,22H,4-9H2,1-3H3,(H,23,25)(H,24,26). The average Bonchev–Trinajstić information content (AvgIpc) is 3.09. The van der Waals surface area contributed by atoms with Crippen LogP contribution in [0.3, 0.4) is 0 Å². The molecule has 1 aromatic carbocycles. The molecule has 2 aromatic rings. The Morgan fingerprint density at radius 1 is 0.933 bits per heavy atom. The molecule has 1 aliphatic rings. The molecule has 2 amide bonds. The summed E-state index contributed by atoms with van der Waals surface area (Å²) in [5.41, 5.74) is 7.47. The molecule has 0 saturated carbocycles. The predicted octanol–water partition coefficient (Wildman–Crippen LogP) is 3.01. The van der Waals surface area contributed by atoms with Gasteiger partial charge in [0, 0.05) is 10.4 Å². The number of amides is 2. The van der Waals surface area contributed by atoms with E-state index in [2.05, 4.69) is 15.6 Å². The van der Waals surface area contributed by atoms with E-state index in [1.165, 1.54) is 47.7 Å². The van der Waals surface area contributed by atoms with E-state index in [4.69, 9.17) is 0 Å². The number of carbonyl (C=O) groups is 2. The summed E-state index contributed by atoms with van der Waals surface area (Å²) in [6, 6.07) is 4.83. The zero-order chi connectivity index (χ0) is 21.9. The predicted molar refractivity (Wildman–Crippen MR) is 117 cm³/mol. The number of hydrazine groups is 1. The van der Waals surface area contributed by atoms with Gasteiger partial charge in [0.15, 0.2) is 0 Å². The summed E-state index contributed by atoms with van der Waals surface area (Å²) in [4.78, 5) is 27.0. The molecule has 0 unspecified atom stereocenters. The maximum Gasteiger partial charge on any atom is 0.279 e. The van der Waals surface area contributed by atoms with Crippen LogP contribution >= 0.6 is 11.3 Å². The van der Waals surface area contributed by atoms with Crippen LogP contribution in [0.25, 0.3) is 0 Å². The Balaban J connectivity index is 1.73. The van der Waals surface area contributed by atoms with Crippen molar-refractivity contribution >= 4 is 33.2 Å². The molecule has 0 atom stereocenters. The van der Waals surface area contributed by atoms with Gasteiger partial charge in [0.05, 0.1) is 9.77 Å². The molecule has 0 aliphatic heterocycles. The Labute approximate surface area is 181 Å². The third-order valence-corrected chi connectivity index (χ3v) is 8.23. The van der Waals surface area contributed by atoms with E-state index in [1.54, 1.807) is 19.9 Å². The number of rotatable bonds is 4. The van der Waals surface area contributed by atoms with Crippen LogP contribution in [-0.2, 0) is 22.9 Å². The van der Waals surface area contributed by atoms with Crippen molar-refractivity contribution in [2.45, 2.75) is 57.3 Å². The minimum Gasteiger partial charge on any atom is -0.267 e. The van der Waals surface area contributed by atoms with Gasteiger partial charge in [-0.05, 0) is 81.5 Å². The zero-order valence-corrected chi connectivity index (χ0v) is 19.1. The molecule has 0 spiro atoms. The molecular formula is C21H27N3O4S2. The summed E-state index contributed by atoms with van der Waals surface area (Å²) in [7, 11) is -2.38. The number of fused-ring (bicyclic) bond motifs is 1. The Morgan fingerprint density at radius 2 is 1.60 bits per heavy atom. The second-order valence-corrected chi connectivity index (χ2v) is 10.5. The van der Waals surface area contributed by atoms with Crippen molar-refractivity contribution in [1.29, 1.82) is 0 Å². The maximum absolute atomic E-state index is 12.6. The summed E-state index contributed by atoms with van der Waals surface area (Å²) < 4.78 is 26.7. The van der Waals surface area contributed by atoms with Gasteiger partial charge in [-0.2, -0.15) is 0 Å². The van der Waals surface area contributed by atoms with Gasteiger partial charge in [-0.25, -0.2) is 13.1 Å². The zero-order valence-electron chi connectivity index (χ0n) is 17.4. The van der Waals surface area contributed by atoms with E-state index < -0.39 is 15.9 Å². The molecule has 0 saturated heterocycles. The average molecular weight is 450 g/mol. The Morgan fingerprint density at radius 3 is 2.30 bits per heavy atom. The first-order valence-electron chi connectivity index (χ1n) is 10.00. The summed E-state index contributed by atoms with van der Waals surface area (Å²) in [5.74, 6) is -0.944. The van der Waals surface area contributed by atoms with E-state index in [9.17, 15) is 18.0 Å². The smallest absolute Gasteiger partial charge is 0.267 e. The van der Waals surface area contributed by atoms with E-state index in [0.29, 0.717) is 16.0 Å². The van der Waals surface area contributed by atoms with Crippen LogP contribution in [0.4, 0.5) is 0 Å². The minimum atomic E-state index is -3.71. The molecule has 30 heavy (non-hydrogen) atoms. The van der Waals surface area contributed by atoms with Crippen molar-refractivity contribution in [2.24, 2.45) is 0 Å². The molecule has 162 valence electrons. The molecule has 1 heterocycles. The first-order valence-corrected chi connectivity index (χ1v) is 12.3. The fourth-order valence-electron chi connectivity index (χ4n) is 3.55. The molecule has 3 N–H and O–H groups in total. The highest BCUT2D eigenvalue weighted by Gasteiger charge is 2.20. The number of nitrogens with one attached hydrogen (secondary N) is 3. The molecular weight excluding hydrogens is 422 g/mol. The van der Waals surface area contributed by atoms with Crippen LogP contribution in [0.15, 0.2) is 23.1 Å². The van der Waals surface area contributed by atoms with Gasteiger partial charge in [-0.3, -0.25) is 20.4 Å². The second kappa shape index (κ2) is 9.28. The second-order valence-electron chi connectivity index (χ2n) is 7.51. The van der Waals surface area contributed by atoms with Crippen molar-refractivity contribution in [3.63, 3.8) is 0 Å². The van der Waals surface area contributed by atoms with Gasteiger partial charge in [0.2, 0.25) is 10.0 Å². The first kappa shape index (κ1) is 22.5. The van der Waals surface area contributed by atoms with Crippen molar-refractivity contribution in [1.82, 2.24) is 15.6 Å². The Kier molecular flexibility index (Phi) is 6.95. The third kappa shape index (κ3) is 4.91. The number of hydrogen-bond acceptors (Lipinski definition) is 5. The quantitative estimate of drug-likeness (QED) is 0.624. The number of carbonyl (C=O) groups excluding carboxylic acids is 2. The lowest BCUT2D eigenvalue weighted by Gasteiger charge is -2.12.